The van der Waals surface area contributed by atoms with Crippen molar-refractivity contribution in [1.29, 1.82) is 0 Å². The summed E-state index contributed by atoms with van der Waals surface area (Å²) < 4.78 is 6.12. The Kier molecular flexibility index (Phi) is 6.50. The fraction of sp³-hybridized carbons (Fsp3) is 0.364. The Morgan fingerprint density at radius 1 is 0.865 bits per heavy atom. The zero-order valence-electron chi connectivity index (χ0n) is 21.4. The van der Waals surface area contributed by atoms with Crippen LogP contribution in [0.1, 0.15) is 74.8 Å². The first kappa shape index (κ1) is 23.8. The maximum Gasteiger partial charge on any atom is 0.315 e. The molecule has 37 heavy (non-hydrogen) atoms. The molecule has 6 rings (SSSR count). The molecule has 4 heteroatoms. The lowest BCUT2D eigenvalue weighted by atomic mass is 9.68. The summed E-state index contributed by atoms with van der Waals surface area (Å²) in [6.45, 7) is 1.94. The zero-order valence-corrected chi connectivity index (χ0v) is 21.4. The summed E-state index contributed by atoms with van der Waals surface area (Å²) in [5.41, 5.74) is 4.47. The smallest absolute Gasteiger partial charge is 0.315 e. The molecule has 4 nitrogen and oxygen atoms in total. The highest BCUT2D eigenvalue weighted by molar-refractivity contribution is 6.10. The molecule has 0 N–H and O–H groups in total. The number of hydrogen-bond acceptors (Lipinski definition) is 4. The topological polar surface area (TPSA) is 55.7 Å². The van der Waals surface area contributed by atoms with Crippen LogP contribution >= 0.6 is 0 Å². The van der Waals surface area contributed by atoms with Crippen molar-refractivity contribution in [2.24, 2.45) is 10.9 Å². The minimum atomic E-state index is -0.594. The van der Waals surface area contributed by atoms with Crippen LogP contribution in [0.4, 0.5) is 0 Å². The first-order chi connectivity index (χ1) is 18.1. The van der Waals surface area contributed by atoms with E-state index in [4.69, 9.17) is 9.73 Å². The Bertz CT molecular complexity index is 1390. The van der Waals surface area contributed by atoms with Crippen LogP contribution in [0, 0.1) is 5.92 Å². The highest BCUT2D eigenvalue weighted by Gasteiger charge is 2.45. The molecule has 0 bridgehead atoms. The van der Waals surface area contributed by atoms with E-state index in [1.807, 2.05) is 43.3 Å². The summed E-state index contributed by atoms with van der Waals surface area (Å²) in [5.74, 6) is -1.03. The Balaban J connectivity index is 1.45. The number of allylic oxidation sites excluding steroid dienone is 2. The predicted octanol–water partition coefficient (Wildman–Crippen LogP) is 7.29. The van der Waals surface area contributed by atoms with Gasteiger partial charge in [0.1, 0.15) is 12.0 Å². The lowest BCUT2D eigenvalue weighted by Gasteiger charge is -2.37. The van der Waals surface area contributed by atoms with Crippen molar-refractivity contribution in [3.05, 3.63) is 95.2 Å². The van der Waals surface area contributed by atoms with Gasteiger partial charge in [-0.25, -0.2) is 0 Å². The molecule has 0 saturated heterocycles. The maximum absolute atomic E-state index is 13.9. The van der Waals surface area contributed by atoms with Gasteiger partial charge in [-0.05, 0) is 66.8 Å². The molecule has 3 unspecified atom stereocenters. The molecule has 3 atom stereocenters. The molecule has 188 valence electrons. The number of Topliss-reactive ketones (excluding diaryl/α,β-unsaturated/α-hetero) is 1. The Hall–Kier alpha value is -3.53. The van der Waals surface area contributed by atoms with Gasteiger partial charge >= 0.3 is 5.97 Å². The second-order valence-electron chi connectivity index (χ2n) is 10.8. The molecule has 3 aliphatic rings. The summed E-state index contributed by atoms with van der Waals surface area (Å²) in [6, 6.07) is 24.6. The summed E-state index contributed by atoms with van der Waals surface area (Å²) >= 11 is 0. The predicted molar refractivity (Wildman–Crippen MR) is 147 cm³/mol. The number of ketones is 1. The summed E-state index contributed by atoms with van der Waals surface area (Å²) in [7, 11) is 0. The quantitative estimate of drug-likeness (QED) is 0.360. The van der Waals surface area contributed by atoms with Crippen LogP contribution in [0.2, 0.25) is 0 Å². The van der Waals surface area contributed by atoms with Crippen molar-refractivity contribution in [1.82, 2.24) is 0 Å². The third-order valence-corrected chi connectivity index (χ3v) is 8.41. The van der Waals surface area contributed by atoms with Crippen LogP contribution in [-0.4, -0.2) is 23.6 Å². The standard InChI is InChI=1S/C33H33NO3/c1-21-30(33(36)37-25-15-6-3-7-16-25)31(27-18-10-14-23-13-8-9-17-26(23)27)32-28(34-21)19-24(20-29(32)35)22-11-4-2-5-12-22/h2,4-5,8-14,17-18,24-25,30-31H,3,6-7,15-16,19-20H2,1H3. The fourth-order valence-electron chi connectivity index (χ4n) is 6.60. The van der Waals surface area contributed by atoms with Crippen molar-refractivity contribution in [2.75, 3.05) is 0 Å². The zero-order chi connectivity index (χ0) is 25.4. The van der Waals surface area contributed by atoms with Gasteiger partial charge in [-0.1, -0.05) is 79.2 Å². The van der Waals surface area contributed by atoms with Crippen LogP contribution in [-0.2, 0) is 14.3 Å². The van der Waals surface area contributed by atoms with Gasteiger partial charge in [0, 0.05) is 29.3 Å². The van der Waals surface area contributed by atoms with Gasteiger partial charge in [0.25, 0.3) is 0 Å². The molecular weight excluding hydrogens is 458 g/mol. The van der Waals surface area contributed by atoms with E-state index in [-0.39, 0.29) is 29.7 Å². The number of nitrogens with zero attached hydrogens (tertiary/aromatic N) is 1. The highest BCUT2D eigenvalue weighted by atomic mass is 16.5. The number of carbonyl (C=O) groups is 2. The van der Waals surface area contributed by atoms with Crippen molar-refractivity contribution in [3.63, 3.8) is 0 Å². The third kappa shape index (κ3) is 4.54. The average molecular weight is 492 g/mol. The Morgan fingerprint density at radius 2 is 1.59 bits per heavy atom. The number of esters is 1. The number of rotatable bonds is 4. The molecule has 0 spiro atoms. The monoisotopic (exact) mass is 491 g/mol. The first-order valence-corrected chi connectivity index (χ1v) is 13.6. The average Bonchev–Trinajstić information content (AvgIpc) is 2.93. The molecule has 1 aliphatic heterocycles. The number of carbonyl (C=O) groups excluding carboxylic acids is 2. The van der Waals surface area contributed by atoms with Crippen LogP contribution in [0.5, 0.6) is 0 Å². The molecule has 0 radical (unpaired) electrons. The van der Waals surface area contributed by atoms with Crippen molar-refractivity contribution in [3.8, 4) is 0 Å². The Labute approximate surface area is 218 Å². The number of aliphatic imine (C=N–C) groups is 1. The summed E-state index contributed by atoms with van der Waals surface area (Å²) in [6.07, 6.45) is 6.32. The minimum Gasteiger partial charge on any atom is -0.462 e. The molecular formula is C33H33NO3. The molecule has 1 heterocycles. The SMILES string of the molecule is CC1=NC2=C(C(=O)CC(c3ccccc3)C2)C(c2cccc3ccccc23)C1C(=O)OC1CCCCC1. The van der Waals surface area contributed by atoms with Crippen LogP contribution in [0.3, 0.4) is 0 Å². The van der Waals surface area contributed by atoms with Crippen molar-refractivity contribution in [2.45, 2.75) is 69.8 Å². The van der Waals surface area contributed by atoms with Gasteiger partial charge in [-0.15, -0.1) is 0 Å². The maximum atomic E-state index is 13.9. The van der Waals surface area contributed by atoms with E-state index in [1.165, 1.54) is 6.42 Å². The number of benzene rings is 3. The molecule has 3 aromatic rings. The van der Waals surface area contributed by atoms with Crippen LogP contribution in [0.15, 0.2) is 89.1 Å². The van der Waals surface area contributed by atoms with E-state index in [0.717, 1.165) is 59.0 Å². The lowest BCUT2D eigenvalue weighted by Crippen LogP contribution is -2.39. The normalized spacial score (nSPS) is 24.5. The molecule has 3 aromatic carbocycles. The van der Waals surface area contributed by atoms with Gasteiger partial charge in [-0.3, -0.25) is 14.6 Å². The van der Waals surface area contributed by atoms with E-state index in [2.05, 4.69) is 36.4 Å². The number of hydrogen-bond donors (Lipinski definition) is 0. The van der Waals surface area contributed by atoms with Crippen LogP contribution < -0.4 is 0 Å². The van der Waals surface area contributed by atoms with Crippen LogP contribution in [0.25, 0.3) is 10.8 Å². The third-order valence-electron chi connectivity index (χ3n) is 8.41. The highest BCUT2D eigenvalue weighted by Crippen LogP contribution is 2.48. The van der Waals surface area contributed by atoms with Gasteiger partial charge in [0.15, 0.2) is 5.78 Å². The van der Waals surface area contributed by atoms with Gasteiger partial charge in [-0.2, -0.15) is 0 Å². The molecule has 2 aliphatic carbocycles. The van der Waals surface area contributed by atoms with E-state index in [9.17, 15) is 9.59 Å². The van der Waals surface area contributed by atoms with E-state index >= 15 is 0 Å². The van der Waals surface area contributed by atoms with Crippen molar-refractivity contribution < 1.29 is 14.3 Å². The largest absolute Gasteiger partial charge is 0.462 e. The fourth-order valence-corrected chi connectivity index (χ4v) is 6.60. The summed E-state index contributed by atoms with van der Waals surface area (Å²) in [5, 5.41) is 2.18. The van der Waals surface area contributed by atoms with Gasteiger partial charge in [0.05, 0.1) is 0 Å². The second kappa shape index (κ2) is 10.1. The van der Waals surface area contributed by atoms with E-state index < -0.39 is 5.92 Å². The summed E-state index contributed by atoms with van der Waals surface area (Å²) in [4.78, 5) is 32.7. The molecule has 1 fully saturated rings. The lowest BCUT2D eigenvalue weighted by molar-refractivity contribution is -0.153. The van der Waals surface area contributed by atoms with E-state index in [1.54, 1.807) is 0 Å². The van der Waals surface area contributed by atoms with Gasteiger partial charge in [0.2, 0.25) is 0 Å². The minimum absolute atomic E-state index is 0.0397. The second-order valence-corrected chi connectivity index (χ2v) is 10.8. The van der Waals surface area contributed by atoms with Crippen molar-refractivity contribution >= 4 is 28.2 Å². The Morgan fingerprint density at radius 3 is 2.41 bits per heavy atom. The number of fused-ring (bicyclic) bond motifs is 1. The number of ether oxygens (including phenoxy) is 1. The molecule has 1 saturated carbocycles. The van der Waals surface area contributed by atoms with Gasteiger partial charge < -0.3 is 4.74 Å². The first-order valence-electron chi connectivity index (χ1n) is 13.6. The molecule has 0 amide bonds. The van der Waals surface area contributed by atoms with E-state index in [0.29, 0.717) is 18.4 Å². The molecule has 0 aromatic heterocycles.